The van der Waals surface area contributed by atoms with Crippen LogP contribution in [0.25, 0.3) is 0 Å². The maximum atomic E-state index is 13.3. The summed E-state index contributed by atoms with van der Waals surface area (Å²) < 4.78 is 13.3. The van der Waals surface area contributed by atoms with Crippen molar-refractivity contribution in [3.8, 4) is 0 Å². The van der Waals surface area contributed by atoms with Gasteiger partial charge in [0.2, 0.25) is 5.82 Å². The lowest BCUT2D eigenvalue weighted by atomic mass is 10.0. The van der Waals surface area contributed by atoms with Gasteiger partial charge in [0, 0.05) is 6.07 Å². The molecule has 0 aliphatic rings. The number of aliphatic hydroxyl groups is 2. The molecular weight excluding hydrogens is 231 g/mol. The maximum absolute atomic E-state index is 13.3. The molecule has 94 valence electrons. The van der Waals surface area contributed by atoms with Crippen LogP contribution in [0.15, 0.2) is 18.2 Å². The van der Waals surface area contributed by atoms with Gasteiger partial charge in [-0.15, -0.1) is 0 Å². The van der Waals surface area contributed by atoms with Crippen LogP contribution < -0.4 is 5.73 Å². The molecule has 6 nitrogen and oxygen atoms in total. The quantitative estimate of drug-likeness (QED) is 0.515. The van der Waals surface area contributed by atoms with E-state index in [-0.39, 0.29) is 18.5 Å². The second-order valence-electron chi connectivity index (χ2n) is 3.56. The number of hydrogen-bond donors (Lipinski definition) is 3. The minimum absolute atomic E-state index is 0.0778. The first-order valence-electron chi connectivity index (χ1n) is 4.97. The Morgan fingerprint density at radius 2 is 2.12 bits per heavy atom. The number of nitrogens with zero attached hydrogens (tertiary/aromatic N) is 1. The summed E-state index contributed by atoms with van der Waals surface area (Å²) in [4.78, 5) is 9.52. The van der Waals surface area contributed by atoms with E-state index < -0.39 is 28.6 Å². The molecule has 1 aromatic carbocycles. The van der Waals surface area contributed by atoms with Gasteiger partial charge in [-0.25, -0.2) is 0 Å². The van der Waals surface area contributed by atoms with Gasteiger partial charge in [-0.05, 0) is 30.7 Å². The molecule has 0 aromatic heterocycles. The van der Waals surface area contributed by atoms with Gasteiger partial charge < -0.3 is 15.9 Å². The van der Waals surface area contributed by atoms with Crippen molar-refractivity contribution in [2.24, 2.45) is 5.73 Å². The number of nitro benzene ring substituents is 1. The van der Waals surface area contributed by atoms with Gasteiger partial charge in [-0.3, -0.25) is 10.1 Å². The van der Waals surface area contributed by atoms with Gasteiger partial charge in [-0.1, -0.05) is 0 Å². The van der Waals surface area contributed by atoms with E-state index >= 15 is 0 Å². The minimum Gasteiger partial charge on any atom is -0.390 e. The SMILES string of the molecule is NCCC(O)C(O)c1ccc([N+](=O)[O-])c(F)c1. The van der Waals surface area contributed by atoms with Crippen molar-refractivity contribution >= 4 is 5.69 Å². The zero-order chi connectivity index (χ0) is 13.0. The molecule has 0 fully saturated rings. The van der Waals surface area contributed by atoms with Crippen LogP contribution in [0.4, 0.5) is 10.1 Å². The third-order valence-electron chi connectivity index (χ3n) is 2.34. The molecule has 2 unspecified atom stereocenters. The summed E-state index contributed by atoms with van der Waals surface area (Å²) in [6, 6.07) is 2.98. The first-order chi connectivity index (χ1) is 7.97. The average molecular weight is 244 g/mol. The topological polar surface area (TPSA) is 110 Å². The van der Waals surface area contributed by atoms with Gasteiger partial charge in [-0.2, -0.15) is 4.39 Å². The highest BCUT2D eigenvalue weighted by molar-refractivity contribution is 5.36. The highest BCUT2D eigenvalue weighted by atomic mass is 19.1. The lowest BCUT2D eigenvalue weighted by molar-refractivity contribution is -0.387. The van der Waals surface area contributed by atoms with E-state index in [4.69, 9.17) is 5.73 Å². The molecule has 0 spiro atoms. The van der Waals surface area contributed by atoms with Gasteiger partial charge in [0.15, 0.2) is 0 Å². The molecule has 0 heterocycles. The van der Waals surface area contributed by atoms with Crippen molar-refractivity contribution in [1.82, 2.24) is 0 Å². The van der Waals surface area contributed by atoms with Crippen molar-refractivity contribution in [3.05, 3.63) is 39.7 Å². The second kappa shape index (κ2) is 5.67. The molecule has 1 rings (SSSR count). The van der Waals surface area contributed by atoms with Crippen LogP contribution in [-0.4, -0.2) is 27.8 Å². The summed E-state index contributed by atoms with van der Waals surface area (Å²) in [7, 11) is 0. The Kier molecular flexibility index (Phi) is 4.50. The summed E-state index contributed by atoms with van der Waals surface area (Å²) >= 11 is 0. The Hall–Kier alpha value is -1.57. The van der Waals surface area contributed by atoms with E-state index in [1.807, 2.05) is 0 Å². The molecule has 17 heavy (non-hydrogen) atoms. The van der Waals surface area contributed by atoms with Crippen molar-refractivity contribution in [2.75, 3.05) is 6.54 Å². The first kappa shape index (κ1) is 13.5. The summed E-state index contributed by atoms with van der Waals surface area (Å²) in [6.07, 6.45) is -2.28. The molecule has 0 saturated carbocycles. The van der Waals surface area contributed by atoms with Crippen LogP contribution in [0.1, 0.15) is 18.1 Å². The lowest BCUT2D eigenvalue weighted by Gasteiger charge is -2.17. The van der Waals surface area contributed by atoms with Crippen LogP contribution >= 0.6 is 0 Å². The molecule has 2 atom stereocenters. The third kappa shape index (κ3) is 3.19. The lowest BCUT2D eigenvalue weighted by Crippen LogP contribution is -2.21. The van der Waals surface area contributed by atoms with Gasteiger partial charge >= 0.3 is 5.69 Å². The van der Waals surface area contributed by atoms with Crippen molar-refractivity contribution in [2.45, 2.75) is 18.6 Å². The Morgan fingerprint density at radius 1 is 1.47 bits per heavy atom. The van der Waals surface area contributed by atoms with Gasteiger partial charge in [0.1, 0.15) is 6.10 Å². The standard InChI is InChI=1S/C10H13FN2O4/c11-7-5-6(1-2-8(7)13(16)17)10(15)9(14)3-4-12/h1-2,5,9-10,14-15H,3-4,12H2. The van der Waals surface area contributed by atoms with Gasteiger partial charge in [0.25, 0.3) is 0 Å². The van der Waals surface area contributed by atoms with Crippen molar-refractivity contribution in [3.63, 3.8) is 0 Å². The van der Waals surface area contributed by atoms with Crippen LogP contribution in [-0.2, 0) is 0 Å². The molecule has 1 aromatic rings. The highest BCUT2D eigenvalue weighted by Crippen LogP contribution is 2.24. The van der Waals surface area contributed by atoms with E-state index in [2.05, 4.69) is 0 Å². The predicted octanol–water partition coefficient (Wildman–Crippen LogP) is 0.477. The fourth-order valence-electron chi connectivity index (χ4n) is 1.41. The molecule has 0 radical (unpaired) electrons. The Morgan fingerprint density at radius 3 is 2.59 bits per heavy atom. The van der Waals surface area contributed by atoms with E-state index in [0.717, 1.165) is 12.1 Å². The fourth-order valence-corrected chi connectivity index (χ4v) is 1.41. The Labute approximate surface area is 96.6 Å². The number of halogens is 1. The highest BCUT2D eigenvalue weighted by Gasteiger charge is 2.21. The molecule has 0 bridgehead atoms. The molecule has 0 aliphatic heterocycles. The average Bonchev–Trinajstić information content (AvgIpc) is 2.27. The summed E-state index contributed by atoms with van der Waals surface area (Å²) in [5, 5.41) is 29.5. The number of rotatable bonds is 5. The number of nitrogens with two attached hydrogens (primary N) is 1. The molecule has 4 N–H and O–H groups in total. The van der Waals surface area contributed by atoms with E-state index in [1.54, 1.807) is 0 Å². The van der Waals surface area contributed by atoms with Crippen molar-refractivity contribution < 1.29 is 19.5 Å². The number of nitro groups is 1. The maximum Gasteiger partial charge on any atom is 0.304 e. The Balaban J connectivity index is 2.93. The largest absolute Gasteiger partial charge is 0.390 e. The Bertz CT molecular complexity index is 413. The normalized spacial score (nSPS) is 14.4. The monoisotopic (exact) mass is 244 g/mol. The van der Waals surface area contributed by atoms with Crippen LogP contribution in [0.5, 0.6) is 0 Å². The van der Waals surface area contributed by atoms with Crippen LogP contribution in [0.3, 0.4) is 0 Å². The van der Waals surface area contributed by atoms with E-state index in [0.29, 0.717) is 0 Å². The van der Waals surface area contributed by atoms with E-state index in [1.165, 1.54) is 6.07 Å². The molecule has 7 heteroatoms. The second-order valence-corrected chi connectivity index (χ2v) is 3.56. The van der Waals surface area contributed by atoms with E-state index in [9.17, 15) is 24.7 Å². The first-order valence-corrected chi connectivity index (χ1v) is 4.97. The minimum atomic E-state index is -1.31. The number of benzene rings is 1. The summed E-state index contributed by atoms with van der Waals surface area (Å²) in [5.41, 5.74) is 4.61. The zero-order valence-corrected chi connectivity index (χ0v) is 8.91. The smallest absolute Gasteiger partial charge is 0.304 e. The molecule has 0 amide bonds. The molecule has 0 saturated heterocycles. The number of hydrogen-bond acceptors (Lipinski definition) is 5. The predicted molar refractivity (Wildman–Crippen MR) is 57.7 cm³/mol. The summed E-state index contributed by atoms with van der Waals surface area (Å²) in [5.74, 6) is -1.05. The van der Waals surface area contributed by atoms with Crippen molar-refractivity contribution in [1.29, 1.82) is 0 Å². The molecule has 0 aliphatic carbocycles. The molecular formula is C10H13FN2O4. The fraction of sp³-hybridized carbons (Fsp3) is 0.400. The third-order valence-corrected chi connectivity index (χ3v) is 2.34. The summed E-state index contributed by atoms with van der Waals surface area (Å²) in [6.45, 7) is 0.174. The van der Waals surface area contributed by atoms with Crippen LogP contribution in [0.2, 0.25) is 0 Å². The van der Waals surface area contributed by atoms with Crippen LogP contribution in [0, 0.1) is 15.9 Å². The van der Waals surface area contributed by atoms with Gasteiger partial charge in [0.05, 0.1) is 11.0 Å². The zero-order valence-electron chi connectivity index (χ0n) is 8.91. The number of aliphatic hydroxyl groups excluding tert-OH is 2.